The van der Waals surface area contributed by atoms with Crippen LogP contribution in [-0.2, 0) is 12.8 Å². The zero-order chi connectivity index (χ0) is 12.8. The van der Waals surface area contributed by atoms with Crippen molar-refractivity contribution < 1.29 is 0 Å². The Kier molecular flexibility index (Phi) is 5.14. The Morgan fingerprint density at radius 1 is 1.11 bits per heavy atom. The molecule has 0 fully saturated rings. The first-order valence-electron chi connectivity index (χ1n) is 6.83. The number of rotatable bonds is 5. The molecule has 1 aliphatic rings. The van der Waals surface area contributed by atoms with Crippen molar-refractivity contribution in [3.05, 3.63) is 35.4 Å². The molecule has 1 aliphatic heterocycles. The summed E-state index contributed by atoms with van der Waals surface area (Å²) in [6, 6.07) is 8.84. The predicted molar refractivity (Wildman–Crippen MR) is 80.9 cm³/mol. The van der Waals surface area contributed by atoms with E-state index in [0.29, 0.717) is 4.99 Å². The zero-order valence-electron chi connectivity index (χ0n) is 10.9. The van der Waals surface area contributed by atoms with E-state index in [1.807, 2.05) is 0 Å². The van der Waals surface area contributed by atoms with Crippen LogP contribution in [0, 0.1) is 0 Å². The fourth-order valence-electron chi connectivity index (χ4n) is 2.57. The second-order valence-corrected chi connectivity index (χ2v) is 5.56. The standard InChI is InChI=1S/C15H22N2S/c16-15(18)7-3-4-10-17-11-8-13-5-1-2-6-14(13)9-12-17/h1-2,5-6H,3-4,7-12H2,(H2,16,18). The van der Waals surface area contributed by atoms with Crippen molar-refractivity contribution in [2.45, 2.75) is 32.1 Å². The van der Waals surface area contributed by atoms with Crippen LogP contribution in [0.15, 0.2) is 24.3 Å². The summed E-state index contributed by atoms with van der Waals surface area (Å²) in [5.74, 6) is 0. The number of nitrogens with zero attached hydrogens (tertiary/aromatic N) is 1. The first-order valence-corrected chi connectivity index (χ1v) is 7.24. The minimum atomic E-state index is 0.651. The Balaban J connectivity index is 1.76. The van der Waals surface area contributed by atoms with E-state index in [-0.39, 0.29) is 0 Å². The SMILES string of the molecule is NC(=S)CCCCN1CCc2ccccc2CC1. The highest BCUT2D eigenvalue weighted by molar-refractivity contribution is 7.80. The minimum absolute atomic E-state index is 0.651. The summed E-state index contributed by atoms with van der Waals surface area (Å²) in [7, 11) is 0. The van der Waals surface area contributed by atoms with Crippen molar-refractivity contribution in [2.75, 3.05) is 19.6 Å². The quantitative estimate of drug-likeness (QED) is 0.653. The van der Waals surface area contributed by atoms with E-state index in [4.69, 9.17) is 18.0 Å². The van der Waals surface area contributed by atoms with E-state index >= 15 is 0 Å². The number of hydrogen-bond donors (Lipinski definition) is 1. The lowest BCUT2D eigenvalue weighted by Gasteiger charge is -2.19. The van der Waals surface area contributed by atoms with Gasteiger partial charge in [0.25, 0.3) is 0 Å². The monoisotopic (exact) mass is 262 g/mol. The normalized spacial score (nSPS) is 16.0. The molecule has 98 valence electrons. The lowest BCUT2D eigenvalue weighted by atomic mass is 10.0. The zero-order valence-corrected chi connectivity index (χ0v) is 11.7. The maximum Gasteiger partial charge on any atom is 0.0727 e. The maximum atomic E-state index is 5.51. The molecule has 0 atom stereocenters. The van der Waals surface area contributed by atoms with Crippen molar-refractivity contribution in [2.24, 2.45) is 5.73 Å². The molecule has 0 amide bonds. The summed E-state index contributed by atoms with van der Waals surface area (Å²) >= 11 is 4.90. The van der Waals surface area contributed by atoms with Gasteiger partial charge in [-0.3, -0.25) is 0 Å². The second kappa shape index (κ2) is 6.86. The molecule has 0 aliphatic carbocycles. The Hall–Kier alpha value is -0.930. The van der Waals surface area contributed by atoms with Gasteiger partial charge in [0, 0.05) is 13.1 Å². The molecule has 0 saturated carbocycles. The Morgan fingerprint density at radius 2 is 1.72 bits per heavy atom. The van der Waals surface area contributed by atoms with Gasteiger partial charge in [0.05, 0.1) is 4.99 Å². The fourth-order valence-corrected chi connectivity index (χ4v) is 2.72. The predicted octanol–water partition coefficient (Wildman–Crippen LogP) is 2.54. The summed E-state index contributed by atoms with van der Waals surface area (Å²) in [4.78, 5) is 3.22. The molecule has 1 aromatic rings. The van der Waals surface area contributed by atoms with Crippen LogP contribution < -0.4 is 5.73 Å². The molecule has 0 bridgehead atoms. The van der Waals surface area contributed by atoms with Gasteiger partial charge < -0.3 is 10.6 Å². The van der Waals surface area contributed by atoms with Crippen LogP contribution in [0.1, 0.15) is 30.4 Å². The summed E-state index contributed by atoms with van der Waals surface area (Å²) in [6.07, 6.45) is 5.59. The summed E-state index contributed by atoms with van der Waals surface area (Å²) < 4.78 is 0. The van der Waals surface area contributed by atoms with Crippen LogP contribution in [-0.4, -0.2) is 29.5 Å². The van der Waals surface area contributed by atoms with E-state index in [9.17, 15) is 0 Å². The molecule has 0 radical (unpaired) electrons. The van der Waals surface area contributed by atoms with Gasteiger partial charge in [0.2, 0.25) is 0 Å². The number of nitrogens with two attached hydrogens (primary N) is 1. The molecule has 0 spiro atoms. The molecule has 0 unspecified atom stereocenters. The number of unbranched alkanes of at least 4 members (excludes halogenated alkanes) is 1. The summed E-state index contributed by atoms with van der Waals surface area (Å²) in [6.45, 7) is 3.55. The molecule has 2 N–H and O–H groups in total. The van der Waals surface area contributed by atoms with Crippen LogP contribution >= 0.6 is 12.2 Å². The smallest absolute Gasteiger partial charge is 0.0727 e. The average Bonchev–Trinajstić information content (AvgIpc) is 2.57. The van der Waals surface area contributed by atoms with E-state index in [0.717, 1.165) is 12.8 Å². The van der Waals surface area contributed by atoms with Crippen LogP contribution in [0.5, 0.6) is 0 Å². The Labute approximate surface area is 115 Å². The molecule has 3 heteroatoms. The van der Waals surface area contributed by atoms with Gasteiger partial charge >= 0.3 is 0 Å². The molecule has 0 aromatic heterocycles. The molecule has 2 nitrogen and oxygen atoms in total. The van der Waals surface area contributed by atoms with Gasteiger partial charge in [0.1, 0.15) is 0 Å². The van der Waals surface area contributed by atoms with Gasteiger partial charge in [-0.25, -0.2) is 0 Å². The third-order valence-corrected chi connectivity index (χ3v) is 3.86. The van der Waals surface area contributed by atoms with E-state index in [1.165, 1.54) is 50.0 Å². The maximum absolute atomic E-state index is 5.51. The molecule has 1 heterocycles. The van der Waals surface area contributed by atoms with Crippen LogP contribution in [0.4, 0.5) is 0 Å². The lowest BCUT2D eigenvalue weighted by molar-refractivity contribution is 0.282. The van der Waals surface area contributed by atoms with Gasteiger partial charge in [-0.15, -0.1) is 0 Å². The summed E-state index contributed by atoms with van der Waals surface area (Å²) in [5, 5.41) is 0. The second-order valence-electron chi connectivity index (χ2n) is 5.03. The third kappa shape index (κ3) is 4.07. The van der Waals surface area contributed by atoms with Gasteiger partial charge in [-0.05, 0) is 49.8 Å². The molecule has 1 aromatic carbocycles. The van der Waals surface area contributed by atoms with Crippen LogP contribution in [0.25, 0.3) is 0 Å². The van der Waals surface area contributed by atoms with Crippen molar-refractivity contribution in [1.82, 2.24) is 4.90 Å². The first kappa shape index (κ1) is 13.5. The van der Waals surface area contributed by atoms with Gasteiger partial charge in [-0.1, -0.05) is 36.5 Å². The van der Waals surface area contributed by atoms with Crippen molar-refractivity contribution >= 4 is 17.2 Å². The minimum Gasteiger partial charge on any atom is -0.393 e. The molecular weight excluding hydrogens is 240 g/mol. The average molecular weight is 262 g/mol. The van der Waals surface area contributed by atoms with E-state index in [1.54, 1.807) is 0 Å². The molecule has 2 rings (SSSR count). The molecular formula is C15H22N2S. The fraction of sp³-hybridized carbons (Fsp3) is 0.533. The Bertz CT molecular complexity index is 376. The highest BCUT2D eigenvalue weighted by atomic mass is 32.1. The van der Waals surface area contributed by atoms with E-state index < -0.39 is 0 Å². The van der Waals surface area contributed by atoms with Crippen molar-refractivity contribution in [1.29, 1.82) is 0 Å². The third-order valence-electron chi connectivity index (χ3n) is 3.66. The van der Waals surface area contributed by atoms with Gasteiger partial charge in [-0.2, -0.15) is 0 Å². The number of fused-ring (bicyclic) bond motifs is 1. The lowest BCUT2D eigenvalue weighted by Crippen LogP contribution is -2.27. The highest BCUT2D eigenvalue weighted by Gasteiger charge is 2.12. The highest BCUT2D eigenvalue weighted by Crippen LogP contribution is 2.15. The van der Waals surface area contributed by atoms with E-state index in [2.05, 4.69) is 29.2 Å². The molecule has 0 saturated heterocycles. The molecule has 18 heavy (non-hydrogen) atoms. The van der Waals surface area contributed by atoms with Crippen LogP contribution in [0.2, 0.25) is 0 Å². The van der Waals surface area contributed by atoms with Gasteiger partial charge in [0.15, 0.2) is 0 Å². The largest absolute Gasteiger partial charge is 0.393 e. The summed E-state index contributed by atoms with van der Waals surface area (Å²) in [5.41, 5.74) is 8.57. The number of benzene rings is 1. The van der Waals surface area contributed by atoms with Crippen LogP contribution in [0.3, 0.4) is 0 Å². The number of hydrogen-bond acceptors (Lipinski definition) is 2. The number of thiocarbonyl (C=S) groups is 1. The van der Waals surface area contributed by atoms with Crippen molar-refractivity contribution in [3.8, 4) is 0 Å². The topological polar surface area (TPSA) is 29.3 Å². The Morgan fingerprint density at radius 3 is 2.28 bits per heavy atom. The van der Waals surface area contributed by atoms with Crippen molar-refractivity contribution in [3.63, 3.8) is 0 Å². The first-order chi connectivity index (χ1) is 8.75.